The normalized spacial score (nSPS) is 11.3. The molecule has 0 aliphatic carbocycles. The van der Waals surface area contributed by atoms with E-state index in [4.69, 9.17) is 5.73 Å². The Balaban J connectivity index is 2.63. The molecule has 1 amide bonds. The molecule has 0 heterocycles. The van der Waals surface area contributed by atoms with E-state index >= 15 is 0 Å². The minimum absolute atomic E-state index is 0.0167. The van der Waals surface area contributed by atoms with Crippen LogP contribution in [0.4, 0.5) is 0 Å². The molecule has 0 spiro atoms. The van der Waals surface area contributed by atoms with Gasteiger partial charge in [-0.1, -0.05) is 19.9 Å². The van der Waals surface area contributed by atoms with Gasteiger partial charge in [0.15, 0.2) is 0 Å². The molecular formula is C14H22N2O2. The molecule has 1 aromatic rings. The molecule has 1 rings (SSSR count). The summed E-state index contributed by atoms with van der Waals surface area (Å²) in [5.74, 6) is -0.0285. The number of nitrogens with one attached hydrogen (secondary N) is 1. The molecule has 1 aromatic carbocycles. The Morgan fingerprint density at radius 1 is 1.44 bits per heavy atom. The Morgan fingerprint density at radius 3 is 2.67 bits per heavy atom. The van der Waals surface area contributed by atoms with E-state index in [0.717, 1.165) is 12.0 Å². The van der Waals surface area contributed by atoms with Crippen LogP contribution in [0.25, 0.3) is 0 Å². The molecule has 0 radical (unpaired) electrons. The predicted octanol–water partition coefficient (Wildman–Crippen LogP) is 1.81. The topological polar surface area (TPSA) is 75.4 Å². The van der Waals surface area contributed by atoms with Gasteiger partial charge in [-0.15, -0.1) is 0 Å². The molecule has 18 heavy (non-hydrogen) atoms. The highest BCUT2D eigenvalue weighted by molar-refractivity contribution is 5.94. The second-order valence-electron chi connectivity index (χ2n) is 5.39. The lowest BCUT2D eigenvalue weighted by atomic mass is 9.89. The van der Waals surface area contributed by atoms with Gasteiger partial charge in [-0.3, -0.25) is 4.79 Å². The lowest BCUT2D eigenvalue weighted by molar-refractivity contribution is 0.0934. The Hall–Kier alpha value is -1.55. The molecule has 4 N–H and O–H groups in total. The summed E-state index contributed by atoms with van der Waals surface area (Å²) in [7, 11) is 0. The number of phenolic OH excluding ortho intramolecular Hbond substituents is 1. The minimum atomic E-state index is -0.171. The summed E-state index contributed by atoms with van der Waals surface area (Å²) in [6.07, 6.45) is 0.854. The molecule has 0 unspecified atom stereocenters. The quantitative estimate of drug-likeness (QED) is 0.746. The first-order chi connectivity index (χ1) is 8.35. The first-order valence-electron chi connectivity index (χ1n) is 6.13. The minimum Gasteiger partial charge on any atom is -0.508 e. The average molecular weight is 250 g/mol. The van der Waals surface area contributed by atoms with Crippen LogP contribution in [0.15, 0.2) is 18.2 Å². The molecular weight excluding hydrogens is 228 g/mol. The van der Waals surface area contributed by atoms with Gasteiger partial charge in [0.1, 0.15) is 5.75 Å². The zero-order valence-electron chi connectivity index (χ0n) is 11.3. The number of amides is 1. The standard InChI is InChI=1S/C14H22N2O2/c1-10-4-5-11(8-12(10)17)13(18)16-9-14(2,3)6-7-15/h4-5,8,17H,6-7,9,15H2,1-3H3,(H,16,18). The molecule has 0 bridgehead atoms. The van der Waals surface area contributed by atoms with E-state index in [1.165, 1.54) is 6.07 Å². The fourth-order valence-corrected chi connectivity index (χ4v) is 1.65. The van der Waals surface area contributed by atoms with Gasteiger partial charge in [0.2, 0.25) is 0 Å². The molecule has 0 fully saturated rings. The molecule has 0 aliphatic rings. The van der Waals surface area contributed by atoms with E-state index < -0.39 is 0 Å². The van der Waals surface area contributed by atoms with Gasteiger partial charge in [0, 0.05) is 12.1 Å². The van der Waals surface area contributed by atoms with E-state index in [0.29, 0.717) is 18.7 Å². The number of carbonyl (C=O) groups excluding carboxylic acids is 1. The highest BCUT2D eigenvalue weighted by Gasteiger charge is 2.18. The summed E-state index contributed by atoms with van der Waals surface area (Å²) in [6, 6.07) is 4.93. The third-order valence-corrected chi connectivity index (χ3v) is 3.02. The van der Waals surface area contributed by atoms with E-state index in [1.807, 2.05) is 0 Å². The van der Waals surface area contributed by atoms with E-state index in [-0.39, 0.29) is 17.1 Å². The molecule has 0 aromatic heterocycles. The van der Waals surface area contributed by atoms with Crippen molar-refractivity contribution in [3.63, 3.8) is 0 Å². The largest absolute Gasteiger partial charge is 0.508 e. The van der Waals surface area contributed by atoms with Crippen molar-refractivity contribution in [1.82, 2.24) is 5.32 Å². The molecule has 4 nitrogen and oxygen atoms in total. The van der Waals surface area contributed by atoms with Crippen LogP contribution >= 0.6 is 0 Å². The number of carbonyl (C=O) groups is 1. The van der Waals surface area contributed by atoms with Crippen LogP contribution in [0.3, 0.4) is 0 Å². The van der Waals surface area contributed by atoms with Gasteiger partial charge >= 0.3 is 0 Å². The van der Waals surface area contributed by atoms with Crippen molar-refractivity contribution in [3.8, 4) is 5.75 Å². The number of hydrogen-bond acceptors (Lipinski definition) is 3. The van der Waals surface area contributed by atoms with Gasteiger partial charge in [0.05, 0.1) is 0 Å². The maximum absolute atomic E-state index is 11.9. The summed E-state index contributed by atoms with van der Waals surface area (Å²) in [6.45, 7) is 7.09. The number of hydrogen-bond donors (Lipinski definition) is 3. The fourth-order valence-electron chi connectivity index (χ4n) is 1.65. The number of rotatable bonds is 5. The Bertz CT molecular complexity index is 428. The van der Waals surface area contributed by atoms with Crippen LogP contribution < -0.4 is 11.1 Å². The van der Waals surface area contributed by atoms with E-state index in [2.05, 4.69) is 19.2 Å². The molecule has 0 atom stereocenters. The zero-order valence-corrected chi connectivity index (χ0v) is 11.3. The van der Waals surface area contributed by atoms with Crippen LogP contribution in [0.5, 0.6) is 5.75 Å². The summed E-state index contributed by atoms with van der Waals surface area (Å²) >= 11 is 0. The number of phenols is 1. The molecule has 0 saturated heterocycles. The van der Waals surface area contributed by atoms with Crippen LogP contribution in [0.2, 0.25) is 0 Å². The third-order valence-electron chi connectivity index (χ3n) is 3.02. The van der Waals surface area contributed by atoms with Gasteiger partial charge in [-0.25, -0.2) is 0 Å². The van der Waals surface area contributed by atoms with Crippen molar-refractivity contribution in [2.75, 3.05) is 13.1 Å². The van der Waals surface area contributed by atoms with Crippen molar-refractivity contribution in [3.05, 3.63) is 29.3 Å². The summed E-state index contributed by atoms with van der Waals surface area (Å²) < 4.78 is 0. The second kappa shape index (κ2) is 5.87. The number of aryl methyl sites for hydroxylation is 1. The first kappa shape index (κ1) is 14.5. The van der Waals surface area contributed by atoms with Gasteiger partial charge in [-0.05, 0) is 43.0 Å². The number of benzene rings is 1. The third kappa shape index (κ3) is 4.04. The predicted molar refractivity (Wildman–Crippen MR) is 72.6 cm³/mol. The SMILES string of the molecule is Cc1ccc(C(=O)NCC(C)(C)CCN)cc1O. The van der Waals surface area contributed by atoms with Crippen molar-refractivity contribution in [2.24, 2.45) is 11.1 Å². The highest BCUT2D eigenvalue weighted by atomic mass is 16.3. The summed E-state index contributed by atoms with van der Waals surface area (Å²) in [5.41, 5.74) is 6.74. The molecule has 0 aliphatic heterocycles. The first-order valence-corrected chi connectivity index (χ1v) is 6.13. The van der Waals surface area contributed by atoms with Crippen molar-refractivity contribution in [2.45, 2.75) is 27.2 Å². The Morgan fingerprint density at radius 2 is 2.11 bits per heavy atom. The summed E-state index contributed by atoms with van der Waals surface area (Å²) in [4.78, 5) is 11.9. The molecule has 100 valence electrons. The van der Waals surface area contributed by atoms with Crippen LogP contribution in [0.1, 0.15) is 36.2 Å². The smallest absolute Gasteiger partial charge is 0.251 e. The van der Waals surface area contributed by atoms with Gasteiger partial charge < -0.3 is 16.2 Å². The Kier molecular flexibility index (Phi) is 4.73. The van der Waals surface area contributed by atoms with Crippen molar-refractivity contribution >= 4 is 5.91 Å². The second-order valence-corrected chi connectivity index (χ2v) is 5.39. The van der Waals surface area contributed by atoms with E-state index in [9.17, 15) is 9.90 Å². The lowest BCUT2D eigenvalue weighted by Crippen LogP contribution is -2.35. The summed E-state index contributed by atoms with van der Waals surface area (Å²) in [5, 5.41) is 12.4. The van der Waals surface area contributed by atoms with Crippen LogP contribution in [-0.4, -0.2) is 24.1 Å². The van der Waals surface area contributed by atoms with Gasteiger partial charge in [0.25, 0.3) is 5.91 Å². The average Bonchev–Trinajstić information content (AvgIpc) is 2.30. The number of nitrogens with two attached hydrogens (primary N) is 1. The van der Waals surface area contributed by atoms with Crippen LogP contribution in [-0.2, 0) is 0 Å². The van der Waals surface area contributed by atoms with Crippen LogP contribution in [0, 0.1) is 12.3 Å². The maximum atomic E-state index is 11.9. The lowest BCUT2D eigenvalue weighted by Gasteiger charge is -2.24. The molecule has 4 heteroatoms. The van der Waals surface area contributed by atoms with Gasteiger partial charge in [-0.2, -0.15) is 0 Å². The maximum Gasteiger partial charge on any atom is 0.251 e. The number of aromatic hydroxyl groups is 1. The highest BCUT2D eigenvalue weighted by Crippen LogP contribution is 2.19. The zero-order chi connectivity index (χ0) is 13.8. The monoisotopic (exact) mass is 250 g/mol. The Labute approximate surface area is 108 Å². The van der Waals surface area contributed by atoms with Crippen molar-refractivity contribution < 1.29 is 9.90 Å². The van der Waals surface area contributed by atoms with Crippen molar-refractivity contribution in [1.29, 1.82) is 0 Å². The molecule has 0 saturated carbocycles. The van der Waals surface area contributed by atoms with E-state index in [1.54, 1.807) is 19.1 Å². The fraction of sp³-hybridized carbons (Fsp3) is 0.500.